The number of carbonyl (C=O) groups excluding carboxylic acids is 1. The third-order valence-electron chi connectivity index (χ3n) is 8.96. The Hall–Kier alpha value is -1.01. The maximum absolute atomic E-state index is 12.0. The Kier molecular flexibility index (Phi) is 12.4. The minimum Gasteiger partial charge on any atom is -0.547 e. The molecule has 0 aromatic heterocycles. The lowest BCUT2D eigenvalue weighted by atomic mass is 9.85. The van der Waals surface area contributed by atoms with Crippen molar-refractivity contribution in [1.82, 2.24) is 0 Å². The summed E-state index contributed by atoms with van der Waals surface area (Å²) in [5, 5.41) is 74.8. The molecule has 0 spiro atoms. The summed E-state index contributed by atoms with van der Waals surface area (Å²) >= 11 is 0. The first-order valence-electron chi connectivity index (χ1n) is 15.2. The van der Waals surface area contributed by atoms with Crippen molar-refractivity contribution in [2.75, 3.05) is 13.2 Å². The van der Waals surface area contributed by atoms with Crippen LogP contribution < -0.4 is 5.11 Å². The third kappa shape index (κ3) is 7.79. The van der Waals surface area contributed by atoms with Gasteiger partial charge in [-0.25, -0.2) is 0 Å². The van der Waals surface area contributed by atoms with Crippen LogP contribution in [0.25, 0.3) is 0 Å². The molecule has 3 saturated heterocycles. The molecule has 3 heterocycles. The molecule has 14 heteroatoms. The van der Waals surface area contributed by atoms with Crippen molar-refractivity contribution in [1.29, 1.82) is 0 Å². The number of ether oxygens (including phenoxy) is 6. The van der Waals surface area contributed by atoms with E-state index in [0.29, 0.717) is 6.42 Å². The van der Waals surface area contributed by atoms with Crippen LogP contribution in [0.4, 0.5) is 0 Å². The van der Waals surface area contributed by atoms with Crippen molar-refractivity contribution in [3.63, 3.8) is 0 Å². The number of aliphatic hydroxyl groups is 6. The molecule has 14 nitrogen and oxygen atoms in total. The van der Waals surface area contributed by atoms with Crippen LogP contribution in [0, 0.1) is 5.92 Å². The molecular formula is C28H47O14-. The zero-order chi connectivity index (χ0) is 30.6. The second-order valence-electron chi connectivity index (χ2n) is 11.9. The van der Waals surface area contributed by atoms with E-state index in [4.69, 9.17) is 28.4 Å². The zero-order valence-corrected chi connectivity index (χ0v) is 24.2. The lowest BCUT2D eigenvalue weighted by Crippen LogP contribution is -2.63. The highest BCUT2D eigenvalue weighted by Crippen LogP contribution is 2.34. The molecule has 4 fully saturated rings. The third-order valence-corrected chi connectivity index (χ3v) is 8.96. The van der Waals surface area contributed by atoms with Crippen molar-refractivity contribution >= 4 is 5.97 Å². The minimum absolute atomic E-state index is 0.113. The molecule has 1 aliphatic carbocycles. The molecule has 0 bridgehead atoms. The van der Waals surface area contributed by atoms with E-state index in [1.807, 2.05) is 6.92 Å². The summed E-state index contributed by atoms with van der Waals surface area (Å²) in [4.78, 5) is 12.0. The van der Waals surface area contributed by atoms with Crippen LogP contribution in [0.2, 0.25) is 0 Å². The Morgan fingerprint density at radius 2 is 1.55 bits per heavy atom. The van der Waals surface area contributed by atoms with Crippen LogP contribution >= 0.6 is 0 Å². The van der Waals surface area contributed by atoms with Crippen LogP contribution in [-0.4, -0.2) is 136 Å². The van der Waals surface area contributed by atoms with Crippen molar-refractivity contribution in [2.45, 2.75) is 151 Å². The molecule has 14 unspecified atom stereocenters. The fraction of sp³-hybridized carbons (Fsp3) is 0.964. The highest BCUT2D eigenvalue weighted by molar-refractivity contribution is 5.70. The predicted molar refractivity (Wildman–Crippen MR) is 139 cm³/mol. The highest BCUT2D eigenvalue weighted by atomic mass is 16.7. The van der Waals surface area contributed by atoms with E-state index in [9.17, 15) is 40.5 Å². The summed E-state index contributed by atoms with van der Waals surface area (Å²) in [5.41, 5.74) is 0. The van der Waals surface area contributed by atoms with E-state index < -0.39 is 98.4 Å². The Labute approximate surface area is 245 Å². The number of rotatable bonds is 11. The molecule has 4 rings (SSSR count). The van der Waals surface area contributed by atoms with Crippen LogP contribution in [0.15, 0.2) is 0 Å². The van der Waals surface area contributed by atoms with Gasteiger partial charge in [0.25, 0.3) is 0 Å². The van der Waals surface area contributed by atoms with Gasteiger partial charge in [-0.1, -0.05) is 39.0 Å². The molecule has 0 aromatic rings. The van der Waals surface area contributed by atoms with Gasteiger partial charge in [0.05, 0.1) is 37.0 Å². The van der Waals surface area contributed by atoms with Crippen LogP contribution in [0.5, 0.6) is 0 Å². The van der Waals surface area contributed by atoms with Crippen molar-refractivity contribution in [2.24, 2.45) is 5.92 Å². The van der Waals surface area contributed by atoms with Gasteiger partial charge in [-0.05, 0) is 32.1 Å². The van der Waals surface area contributed by atoms with Gasteiger partial charge in [0.15, 0.2) is 12.6 Å². The standard InChI is InChI=1S/C28H48O14/c1-3-15-24(42-27-22(33)21(32)19(30)13(2)38-27)16(9-10-37-15)40-28-23(34)25(20(31)18(12-29)41-28)39-17(26(35)36)11-14-7-5-4-6-8-14/h13-25,27-34H,3-12H2,1-2H3,(H,35,36)/p-1. The summed E-state index contributed by atoms with van der Waals surface area (Å²) in [5.74, 6) is -1.34. The SMILES string of the molecule is CCC1OCCC(OC2OC(CO)C(O)C(OC(CC3CCCCC3)C(=O)[O-])C2O)C1OC1OC(C)C(O)C(O)C1O. The summed E-state index contributed by atoms with van der Waals surface area (Å²) in [6, 6.07) is 0. The average Bonchev–Trinajstić information content (AvgIpc) is 2.98. The van der Waals surface area contributed by atoms with Gasteiger partial charge in [-0.2, -0.15) is 0 Å². The van der Waals surface area contributed by atoms with Gasteiger partial charge in [0.2, 0.25) is 0 Å². The second-order valence-corrected chi connectivity index (χ2v) is 11.9. The number of hydrogen-bond acceptors (Lipinski definition) is 14. The molecule has 3 aliphatic heterocycles. The molecule has 42 heavy (non-hydrogen) atoms. The largest absolute Gasteiger partial charge is 0.547 e. The van der Waals surface area contributed by atoms with Crippen LogP contribution in [0.3, 0.4) is 0 Å². The first-order chi connectivity index (χ1) is 20.0. The molecule has 0 aromatic carbocycles. The molecule has 14 atom stereocenters. The number of aliphatic carboxylic acids is 1. The monoisotopic (exact) mass is 607 g/mol. The maximum Gasteiger partial charge on any atom is 0.187 e. The van der Waals surface area contributed by atoms with E-state index in [1.54, 1.807) is 0 Å². The number of carbonyl (C=O) groups is 1. The van der Waals surface area contributed by atoms with Crippen LogP contribution in [-0.2, 0) is 33.2 Å². The normalized spacial score (nSPS) is 44.5. The van der Waals surface area contributed by atoms with Gasteiger partial charge in [0, 0.05) is 6.61 Å². The van der Waals surface area contributed by atoms with Crippen molar-refractivity contribution in [3.8, 4) is 0 Å². The van der Waals surface area contributed by atoms with Gasteiger partial charge in [0.1, 0.15) is 48.8 Å². The molecule has 4 aliphatic rings. The van der Waals surface area contributed by atoms with Gasteiger partial charge >= 0.3 is 0 Å². The molecule has 244 valence electrons. The lowest BCUT2D eigenvalue weighted by molar-refractivity contribution is -0.360. The Bertz CT molecular complexity index is 841. The molecule has 0 radical (unpaired) electrons. The van der Waals surface area contributed by atoms with Gasteiger partial charge in [-0.15, -0.1) is 0 Å². The highest BCUT2D eigenvalue weighted by Gasteiger charge is 2.50. The van der Waals surface area contributed by atoms with Crippen molar-refractivity contribution < 1.29 is 69.0 Å². The molecule has 1 saturated carbocycles. The number of carboxylic acid groups (broad SMARTS) is 1. The van der Waals surface area contributed by atoms with E-state index in [2.05, 4.69) is 0 Å². The first kappa shape index (κ1) is 33.9. The summed E-state index contributed by atoms with van der Waals surface area (Å²) in [7, 11) is 0. The molecule has 0 amide bonds. The van der Waals surface area contributed by atoms with Gasteiger partial charge in [-0.3, -0.25) is 0 Å². The summed E-state index contributed by atoms with van der Waals surface area (Å²) in [6.45, 7) is 2.98. The Morgan fingerprint density at radius 1 is 0.857 bits per heavy atom. The quantitative estimate of drug-likeness (QED) is 0.146. The molecular weight excluding hydrogens is 560 g/mol. The van der Waals surface area contributed by atoms with Crippen molar-refractivity contribution in [3.05, 3.63) is 0 Å². The maximum atomic E-state index is 12.0. The van der Waals surface area contributed by atoms with E-state index in [0.717, 1.165) is 32.1 Å². The summed E-state index contributed by atoms with van der Waals surface area (Å²) < 4.78 is 35.1. The minimum atomic E-state index is -1.65. The molecule has 6 N–H and O–H groups in total. The van der Waals surface area contributed by atoms with E-state index in [-0.39, 0.29) is 25.4 Å². The Balaban J connectivity index is 1.49. The fourth-order valence-corrected chi connectivity index (χ4v) is 6.41. The predicted octanol–water partition coefficient (Wildman–Crippen LogP) is -2.30. The second kappa shape index (κ2) is 15.3. The Morgan fingerprint density at radius 3 is 2.19 bits per heavy atom. The number of aliphatic hydroxyl groups excluding tert-OH is 6. The topological polar surface area (TPSA) is 217 Å². The zero-order valence-electron chi connectivity index (χ0n) is 24.2. The average molecular weight is 608 g/mol. The number of hydrogen-bond donors (Lipinski definition) is 6. The first-order valence-corrected chi connectivity index (χ1v) is 15.2. The lowest BCUT2D eigenvalue weighted by Gasteiger charge is -2.47. The number of carboxylic acids is 1. The van der Waals surface area contributed by atoms with E-state index in [1.165, 1.54) is 6.92 Å². The van der Waals surface area contributed by atoms with Crippen LogP contribution in [0.1, 0.15) is 65.2 Å². The van der Waals surface area contributed by atoms with Gasteiger partial charge < -0.3 is 69.0 Å². The summed E-state index contributed by atoms with van der Waals surface area (Å²) in [6.07, 6.45) is -11.9. The smallest absolute Gasteiger partial charge is 0.187 e. The fourth-order valence-electron chi connectivity index (χ4n) is 6.41. The van der Waals surface area contributed by atoms with E-state index >= 15 is 0 Å².